The molecule has 126 valence electrons. The summed E-state index contributed by atoms with van der Waals surface area (Å²) >= 11 is 11.7. The zero-order valence-electron chi connectivity index (χ0n) is 12.8. The van der Waals surface area contributed by atoms with Gasteiger partial charge in [0.25, 0.3) is 5.91 Å². The van der Waals surface area contributed by atoms with Crippen molar-refractivity contribution in [2.24, 2.45) is 0 Å². The zero-order chi connectivity index (χ0) is 17.5. The fourth-order valence-electron chi connectivity index (χ4n) is 1.77. The van der Waals surface area contributed by atoms with Crippen molar-refractivity contribution in [2.75, 3.05) is 18.5 Å². The van der Waals surface area contributed by atoms with Crippen LogP contribution in [0.15, 0.2) is 42.5 Å². The SMILES string of the molecule is Cc1cc(OCC(=O)OCC(=O)Nc2ccc(Cl)cc2)ccc1Cl. The fraction of sp³-hybridized carbons (Fsp3) is 0.176. The summed E-state index contributed by atoms with van der Waals surface area (Å²) in [6, 6.07) is 11.6. The third-order valence-corrected chi connectivity index (χ3v) is 3.65. The second-order valence-electron chi connectivity index (χ2n) is 4.92. The molecule has 0 aliphatic heterocycles. The van der Waals surface area contributed by atoms with E-state index in [1.165, 1.54) is 0 Å². The molecule has 1 amide bonds. The maximum absolute atomic E-state index is 11.7. The van der Waals surface area contributed by atoms with Gasteiger partial charge in [0, 0.05) is 15.7 Å². The first kappa shape index (κ1) is 18.1. The van der Waals surface area contributed by atoms with Crippen molar-refractivity contribution in [3.63, 3.8) is 0 Å². The number of esters is 1. The Morgan fingerprint density at radius 3 is 2.42 bits per heavy atom. The van der Waals surface area contributed by atoms with Crippen LogP contribution in [0.5, 0.6) is 5.75 Å². The Hall–Kier alpha value is -2.24. The molecule has 1 N–H and O–H groups in total. The zero-order valence-corrected chi connectivity index (χ0v) is 14.4. The van der Waals surface area contributed by atoms with Crippen LogP contribution in [0.4, 0.5) is 5.69 Å². The Bertz CT molecular complexity index is 732. The van der Waals surface area contributed by atoms with Crippen molar-refractivity contribution in [3.05, 3.63) is 58.1 Å². The van der Waals surface area contributed by atoms with E-state index in [0.717, 1.165) is 5.56 Å². The first-order valence-electron chi connectivity index (χ1n) is 7.04. The number of benzene rings is 2. The van der Waals surface area contributed by atoms with Gasteiger partial charge in [-0.3, -0.25) is 4.79 Å². The smallest absolute Gasteiger partial charge is 0.344 e. The van der Waals surface area contributed by atoms with Crippen LogP contribution < -0.4 is 10.1 Å². The van der Waals surface area contributed by atoms with Crippen molar-refractivity contribution < 1.29 is 19.1 Å². The lowest BCUT2D eigenvalue weighted by molar-refractivity contribution is -0.149. The molecule has 0 unspecified atom stereocenters. The lowest BCUT2D eigenvalue weighted by atomic mass is 10.2. The molecule has 0 aliphatic rings. The Labute approximate surface area is 149 Å². The van der Waals surface area contributed by atoms with Gasteiger partial charge in [-0.15, -0.1) is 0 Å². The summed E-state index contributed by atoms with van der Waals surface area (Å²) in [5.74, 6) is -0.596. The predicted molar refractivity (Wildman–Crippen MR) is 92.7 cm³/mol. The second-order valence-corrected chi connectivity index (χ2v) is 5.76. The normalized spacial score (nSPS) is 10.1. The molecule has 2 aromatic carbocycles. The van der Waals surface area contributed by atoms with Gasteiger partial charge in [-0.2, -0.15) is 0 Å². The minimum Gasteiger partial charge on any atom is -0.482 e. The van der Waals surface area contributed by atoms with Gasteiger partial charge in [0.2, 0.25) is 0 Å². The van der Waals surface area contributed by atoms with E-state index in [1.54, 1.807) is 42.5 Å². The van der Waals surface area contributed by atoms with Gasteiger partial charge in [-0.25, -0.2) is 4.79 Å². The maximum Gasteiger partial charge on any atom is 0.344 e. The lowest BCUT2D eigenvalue weighted by Gasteiger charge is -2.09. The number of rotatable bonds is 6. The number of aryl methyl sites for hydroxylation is 1. The molecule has 2 rings (SSSR count). The summed E-state index contributed by atoms with van der Waals surface area (Å²) < 4.78 is 10.1. The number of hydrogen-bond acceptors (Lipinski definition) is 4. The summed E-state index contributed by atoms with van der Waals surface area (Å²) in [7, 11) is 0. The van der Waals surface area contributed by atoms with Crippen LogP contribution in [0.25, 0.3) is 0 Å². The molecule has 5 nitrogen and oxygen atoms in total. The topological polar surface area (TPSA) is 64.6 Å². The molecule has 0 spiro atoms. The number of anilines is 1. The predicted octanol–water partition coefficient (Wildman–Crippen LogP) is 3.86. The molecule has 0 fully saturated rings. The fourth-order valence-corrected chi connectivity index (χ4v) is 2.01. The van der Waals surface area contributed by atoms with Crippen LogP contribution >= 0.6 is 23.2 Å². The molecule has 0 heterocycles. The number of ether oxygens (including phenoxy) is 2. The molecule has 24 heavy (non-hydrogen) atoms. The number of halogens is 2. The minimum absolute atomic E-state index is 0.296. The van der Waals surface area contributed by atoms with Gasteiger partial charge in [0.05, 0.1) is 0 Å². The van der Waals surface area contributed by atoms with Gasteiger partial charge in [-0.05, 0) is 55.0 Å². The maximum atomic E-state index is 11.7. The number of hydrogen-bond donors (Lipinski definition) is 1. The van der Waals surface area contributed by atoms with Crippen LogP contribution in [-0.2, 0) is 14.3 Å². The van der Waals surface area contributed by atoms with Gasteiger partial charge in [0.1, 0.15) is 5.75 Å². The number of carbonyl (C=O) groups is 2. The number of nitrogens with one attached hydrogen (secondary N) is 1. The van der Waals surface area contributed by atoms with Gasteiger partial charge in [-0.1, -0.05) is 23.2 Å². The molecule has 7 heteroatoms. The van der Waals surface area contributed by atoms with Crippen LogP contribution in [0.2, 0.25) is 10.0 Å². The monoisotopic (exact) mass is 367 g/mol. The minimum atomic E-state index is -0.645. The van der Waals surface area contributed by atoms with E-state index in [0.29, 0.717) is 21.5 Å². The van der Waals surface area contributed by atoms with Crippen LogP contribution in [0.3, 0.4) is 0 Å². The Balaban J connectivity index is 1.73. The van der Waals surface area contributed by atoms with Crippen LogP contribution in [0, 0.1) is 6.92 Å². The van der Waals surface area contributed by atoms with E-state index in [-0.39, 0.29) is 6.61 Å². The average molecular weight is 368 g/mol. The summed E-state index contributed by atoms with van der Waals surface area (Å²) in [5, 5.41) is 3.76. The standard InChI is InChI=1S/C17H15Cl2NO4/c1-11-8-14(6-7-15(11)19)23-10-17(22)24-9-16(21)20-13-4-2-12(18)3-5-13/h2-8H,9-10H2,1H3,(H,20,21). The highest BCUT2D eigenvalue weighted by molar-refractivity contribution is 6.31. The van der Waals surface area contributed by atoms with Crippen molar-refractivity contribution in [1.29, 1.82) is 0 Å². The molecule has 0 aromatic heterocycles. The molecule has 0 bridgehead atoms. The Morgan fingerprint density at radius 2 is 1.75 bits per heavy atom. The highest BCUT2D eigenvalue weighted by atomic mass is 35.5. The van der Waals surface area contributed by atoms with E-state index in [4.69, 9.17) is 32.7 Å². The van der Waals surface area contributed by atoms with Gasteiger partial charge in [0.15, 0.2) is 13.2 Å². The van der Waals surface area contributed by atoms with Crippen molar-refractivity contribution in [1.82, 2.24) is 0 Å². The van der Waals surface area contributed by atoms with Gasteiger partial charge < -0.3 is 14.8 Å². The van der Waals surface area contributed by atoms with Crippen molar-refractivity contribution in [3.8, 4) is 5.75 Å². The van der Waals surface area contributed by atoms with Crippen molar-refractivity contribution in [2.45, 2.75) is 6.92 Å². The Morgan fingerprint density at radius 1 is 1.04 bits per heavy atom. The lowest BCUT2D eigenvalue weighted by Crippen LogP contribution is -2.23. The first-order chi connectivity index (χ1) is 11.4. The van der Waals surface area contributed by atoms with E-state index in [9.17, 15) is 9.59 Å². The average Bonchev–Trinajstić information content (AvgIpc) is 2.56. The number of amides is 1. The molecular weight excluding hydrogens is 353 g/mol. The Kier molecular flexibility index (Phi) is 6.46. The summed E-state index contributed by atoms with van der Waals surface area (Å²) in [6.07, 6.45) is 0. The van der Waals surface area contributed by atoms with Crippen LogP contribution in [0.1, 0.15) is 5.56 Å². The number of carbonyl (C=O) groups excluding carboxylic acids is 2. The largest absolute Gasteiger partial charge is 0.482 e. The van der Waals surface area contributed by atoms with E-state index in [1.807, 2.05) is 6.92 Å². The highest BCUT2D eigenvalue weighted by Gasteiger charge is 2.09. The van der Waals surface area contributed by atoms with E-state index in [2.05, 4.69) is 5.32 Å². The molecule has 0 saturated carbocycles. The quantitative estimate of drug-likeness (QED) is 0.787. The molecule has 0 saturated heterocycles. The first-order valence-corrected chi connectivity index (χ1v) is 7.79. The van der Waals surface area contributed by atoms with Gasteiger partial charge >= 0.3 is 5.97 Å². The van der Waals surface area contributed by atoms with E-state index < -0.39 is 18.5 Å². The third-order valence-electron chi connectivity index (χ3n) is 2.98. The third kappa shape index (κ3) is 5.76. The summed E-state index contributed by atoms with van der Waals surface area (Å²) in [6.45, 7) is 1.13. The second kappa shape index (κ2) is 8.57. The highest BCUT2D eigenvalue weighted by Crippen LogP contribution is 2.21. The van der Waals surface area contributed by atoms with Crippen LogP contribution in [-0.4, -0.2) is 25.1 Å². The molecule has 2 aromatic rings. The molecule has 0 radical (unpaired) electrons. The molecule has 0 aliphatic carbocycles. The molecule has 0 atom stereocenters. The summed E-state index contributed by atoms with van der Waals surface area (Å²) in [4.78, 5) is 23.3. The van der Waals surface area contributed by atoms with Crippen molar-refractivity contribution >= 4 is 40.8 Å². The molecular formula is C17H15Cl2NO4. The van der Waals surface area contributed by atoms with E-state index >= 15 is 0 Å². The summed E-state index contributed by atoms with van der Waals surface area (Å²) in [5.41, 5.74) is 1.40.